The third-order valence-electron chi connectivity index (χ3n) is 3.22. The highest BCUT2D eigenvalue weighted by molar-refractivity contribution is 9.10. The van der Waals surface area contributed by atoms with Crippen LogP contribution in [0.2, 0.25) is 0 Å². The highest BCUT2D eigenvalue weighted by Crippen LogP contribution is 2.24. The van der Waals surface area contributed by atoms with Crippen LogP contribution in [-0.2, 0) is 6.54 Å². The molecule has 1 aromatic heterocycles. The zero-order chi connectivity index (χ0) is 13.2. The number of anilines is 1. The smallest absolute Gasteiger partial charge is 0.0496 e. The molecule has 0 saturated carbocycles. The van der Waals surface area contributed by atoms with Gasteiger partial charge in [-0.25, -0.2) is 0 Å². The topological polar surface area (TPSA) is 12.0 Å². The summed E-state index contributed by atoms with van der Waals surface area (Å²) in [7, 11) is 0. The lowest BCUT2D eigenvalue weighted by Crippen LogP contribution is -1.98. The molecule has 0 atom stereocenters. The molecule has 1 nitrogen and oxygen atoms in total. The number of halogens is 1. The number of benzene rings is 2. The Balaban J connectivity index is 1.82. The molecule has 0 amide bonds. The van der Waals surface area contributed by atoms with Crippen molar-refractivity contribution >= 4 is 43.7 Å². The monoisotopic (exact) mass is 331 g/mol. The number of thiophene rings is 1. The SMILES string of the molecule is Cc1ccsc1CNc1ccc2cc(Br)ccc2c1. The zero-order valence-corrected chi connectivity index (χ0v) is 13.0. The molecule has 0 saturated heterocycles. The number of hydrogen-bond acceptors (Lipinski definition) is 2. The maximum absolute atomic E-state index is 3.50. The normalized spacial score (nSPS) is 10.8. The van der Waals surface area contributed by atoms with Crippen molar-refractivity contribution in [2.45, 2.75) is 13.5 Å². The van der Waals surface area contributed by atoms with Crippen LogP contribution in [0.25, 0.3) is 10.8 Å². The highest BCUT2D eigenvalue weighted by atomic mass is 79.9. The van der Waals surface area contributed by atoms with Crippen LogP contribution in [0.15, 0.2) is 52.3 Å². The van der Waals surface area contributed by atoms with Gasteiger partial charge in [-0.2, -0.15) is 0 Å². The van der Waals surface area contributed by atoms with Crippen LogP contribution in [0.4, 0.5) is 5.69 Å². The lowest BCUT2D eigenvalue weighted by molar-refractivity contribution is 1.17. The van der Waals surface area contributed by atoms with Crippen molar-refractivity contribution in [1.82, 2.24) is 0 Å². The van der Waals surface area contributed by atoms with Crippen LogP contribution in [0, 0.1) is 6.92 Å². The van der Waals surface area contributed by atoms with Gasteiger partial charge in [0, 0.05) is 21.6 Å². The Kier molecular flexibility index (Phi) is 3.58. The molecule has 0 radical (unpaired) electrons. The average Bonchev–Trinajstić information content (AvgIpc) is 2.82. The molecular weight excluding hydrogens is 318 g/mol. The fourth-order valence-corrected chi connectivity index (χ4v) is 3.32. The maximum atomic E-state index is 3.50. The van der Waals surface area contributed by atoms with Crippen LogP contribution < -0.4 is 5.32 Å². The minimum absolute atomic E-state index is 0.894. The molecule has 2 aromatic carbocycles. The summed E-state index contributed by atoms with van der Waals surface area (Å²) < 4.78 is 1.12. The van der Waals surface area contributed by atoms with Crippen LogP contribution >= 0.6 is 27.3 Å². The summed E-state index contributed by atoms with van der Waals surface area (Å²) in [5, 5.41) is 8.15. The van der Waals surface area contributed by atoms with E-state index < -0.39 is 0 Å². The Labute approximate surface area is 125 Å². The van der Waals surface area contributed by atoms with E-state index >= 15 is 0 Å². The fraction of sp³-hybridized carbons (Fsp3) is 0.125. The van der Waals surface area contributed by atoms with Crippen LogP contribution in [0.1, 0.15) is 10.4 Å². The molecule has 19 heavy (non-hydrogen) atoms. The van der Waals surface area contributed by atoms with Crippen molar-refractivity contribution in [3.63, 3.8) is 0 Å². The molecule has 0 aliphatic heterocycles. The number of nitrogens with one attached hydrogen (secondary N) is 1. The van der Waals surface area contributed by atoms with Gasteiger partial charge in [0.1, 0.15) is 0 Å². The predicted molar refractivity (Wildman–Crippen MR) is 88.0 cm³/mol. The minimum Gasteiger partial charge on any atom is -0.380 e. The molecule has 96 valence electrons. The van der Waals surface area contributed by atoms with Gasteiger partial charge < -0.3 is 5.32 Å². The van der Waals surface area contributed by atoms with Crippen molar-refractivity contribution in [2.24, 2.45) is 0 Å². The minimum atomic E-state index is 0.894. The van der Waals surface area contributed by atoms with Gasteiger partial charge in [-0.1, -0.05) is 28.1 Å². The first-order valence-corrected chi connectivity index (χ1v) is 7.86. The van der Waals surface area contributed by atoms with Crippen LogP contribution in [-0.4, -0.2) is 0 Å². The first-order valence-electron chi connectivity index (χ1n) is 6.18. The second kappa shape index (κ2) is 5.35. The summed E-state index contributed by atoms with van der Waals surface area (Å²) in [6.07, 6.45) is 0. The van der Waals surface area contributed by atoms with Crippen molar-refractivity contribution < 1.29 is 0 Å². The molecule has 0 unspecified atom stereocenters. The van der Waals surface area contributed by atoms with Gasteiger partial charge in [0.15, 0.2) is 0 Å². The Bertz CT molecular complexity index is 718. The average molecular weight is 332 g/mol. The van der Waals surface area contributed by atoms with Crippen LogP contribution in [0.5, 0.6) is 0 Å². The predicted octanol–water partition coefficient (Wildman–Crippen LogP) is 5.58. The van der Waals surface area contributed by atoms with E-state index in [0.29, 0.717) is 0 Å². The van der Waals surface area contributed by atoms with E-state index in [1.807, 2.05) is 0 Å². The molecule has 3 aromatic rings. The zero-order valence-electron chi connectivity index (χ0n) is 10.6. The lowest BCUT2D eigenvalue weighted by atomic mass is 10.1. The summed E-state index contributed by atoms with van der Waals surface area (Å²) in [6, 6.07) is 15.0. The standard InChI is InChI=1S/C16H14BrNS/c1-11-6-7-19-16(11)10-18-15-5-3-12-8-14(17)4-2-13(12)9-15/h2-9,18H,10H2,1H3. The third-order valence-corrected chi connectivity index (χ3v) is 4.74. The summed E-state index contributed by atoms with van der Waals surface area (Å²) in [6.45, 7) is 3.05. The Hall–Kier alpha value is -1.32. The third kappa shape index (κ3) is 2.82. The molecule has 1 N–H and O–H groups in total. The molecular formula is C16H14BrNS. The summed E-state index contributed by atoms with van der Waals surface area (Å²) >= 11 is 5.31. The summed E-state index contributed by atoms with van der Waals surface area (Å²) in [4.78, 5) is 1.40. The lowest BCUT2D eigenvalue weighted by Gasteiger charge is -2.07. The van der Waals surface area contributed by atoms with Gasteiger partial charge in [-0.3, -0.25) is 0 Å². The van der Waals surface area contributed by atoms with Crippen molar-refractivity contribution in [2.75, 3.05) is 5.32 Å². The molecule has 3 heteroatoms. The van der Waals surface area contributed by atoms with Crippen molar-refractivity contribution in [3.8, 4) is 0 Å². The van der Waals surface area contributed by atoms with Gasteiger partial charge in [0.25, 0.3) is 0 Å². The Morgan fingerprint density at radius 2 is 1.84 bits per heavy atom. The quantitative estimate of drug-likeness (QED) is 0.660. The molecule has 3 rings (SSSR count). The Morgan fingerprint density at radius 3 is 2.63 bits per heavy atom. The second-order valence-corrected chi connectivity index (χ2v) is 6.50. The first-order chi connectivity index (χ1) is 9.22. The maximum Gasteiger partial charge on any atom is 0.0496 e. The highest BCUT2D eigenvalue weighted by Gasteiger charge is 2.01. The Morgan fingerprint density at radius 1 is 1.05 bits per heavy atom. The van der Waals surface area contributed by atoms with Crippen molar-refractivity contribution in [3.05, 3.63) is 62.8 Å². The van der Waals surface area contributed by atoms with Gasteiger partial charge in [-0.15, -0.1) is 11.3 Å². The summed E-state index contributed by atoms with van der Waals surface area (Å²) in [5.41, 5.74) is 2.53. The molecule has 0 aliphatic carbocycles. The van der Waals surface area contributed by atoms with Gasteiger partial charge >= 0.3 is 0 Å². The van der Waals surface area contributed by atoms with Crippen LogP contribution in [0.3, 0.4) is 0 Å². The van der Waals surface area contributed by atoms with E-state index in [1.54, 1.807) is 11.3 Å². The van der Waals surface area contributed by atoms with E-state index in [0.717, 1.165) is 11.0 Å². The first kappa shape index (κ1) is 12.7. The molecule has 0 fully saturated rings. The number of aryl methyl sites for hydroxylation is 1. The van der Waals surface area contributed by atoms with E-state index in [-0.39, 0.29) is 0 Å². The largest absolute Gasteiger partial charge is 0.380 e. The fourth-order valence-electron chi connectivity index (χ4n) is 2.09. The van der Waals surface area contributed by atoms with E-state index in [9.17, 15) is 0 Å². The molecule has 0 bridgehead atoms. The number of fused-ring (bicyclic) bond motifs is 1. The van der Waals surface area contributed by atoms with Gasteiger partial charge in [-0.05, 0) is 59.0 Å². The van der Waals surface area contributed by atoms with E-state index in [2.05, 4.69) is 76.0 Å². The second-order valence-electron chi connectivity index (χ2n) is 4.59. The molecule has 0 aliphatic rings. The molecule has 0 spiro atoms. The summed E-state index contributed by atoms with van der Waals surface area (Å²) in [5.74, 6) is 0. The molecule has 1 heterocycles. The van der Waals surface area contributed by atoms with Crippen molar-refractivity contribution in [1.29, 1.82) is 0 Å². The van der Waals surface area contributed by atoms with Gasteiger partial charge in [0.2, 0.25) is 0 Å². The number of rotatable bonds is 3. The van der Waals surface area contributed by atoms with E-state index in [4.69, 9.17) is 0 Å². The van der Waals surface area contributed by atoms with E-state index in [1.165, 1.54) is 26.9 Å². The van der Waals surface area contributed by atoms with Gasteiger partial charge in [0.05, 0.1) is 0 Å². The number of hydrogen-bond donors (Lipinski definition) is 1.